The van der Waals surface area contributed by atoms with Crippen LogP contribution in [0, 0.1) is 0 Å². The Hall–Kier alpha value is -1.67. The molecule has 5 nitrogen and oxygen atoms in total. The van der Waals surface area contributed by atoms with Crippen molar-refractivity contribution in [3.05, 3.63) is 30.6 Å². The highest BCUT2D eigenvalue weighted by molar-refractivity contribution is 5.09. The van der Waals surface area contributed by atoms with Crippen molar-refractivity contribution in [3.8, 4) is 6.01 Å². The zero-order valence-corrected chi connectivity index (χ0v) is 12.8. The first-order valence-electron chi connectivity index (χ1n) is 7.47. The number of halogens is 3. The Morgan fingerprint density at radius 3 is 2.78 bits per heavy atom. The summed E-state index contributed by atoms with van der Waals surface area (Å²) in [5, 5.41) is 0. The van der Waals surface area contributed by atoms with Gasteiger partial charge in [-0.3, -0.25) is 4.90 Å². The number of hydrogen-bond acceptors (Lipinski definition) is 5. The summed E-state index contributed by atoms with van der Waals surface area (Å²) < 4.78 is 49.0. The molecular weight excluding hydrogens is 311 g/mol. The largest absolute Gasteiger partial charge is 0.459 e. The molecule has 0 N–H and O–H groups in total. The predicted molar refractivity (Wildman–Crippen MR) is 78.1 cm³/mol. The fourth-order valence-corrected chi connectivity index (χ4v) is 2.27. The van der Waals surface area contributed by atoms with E-state index in [0.717, 1.165) is 25.4 Å². The molecule has 1 aliphatic rings. The zero-order chi connectivity index (χ0) is 16.7. The number of allylic oxidation sites excluding steroid dienone is 1. The molecule has 0 aromatic carbocycles. The van der Waals surface area contributed by atoms with Gasteiger partial charge in [-0.2, -0.15) is 18.2 Å². The first-order valence-corrected chi connectivity index (χ1v) is 7.47. The van der Waals surface area contributed by atoms with Gasteiger partial charge in [0.1, 0.15) is 6.10 Å². The minimum atomic E-state index is -4.51. The van der Waals surface area contributed by atoms with E-state index in [2.05, 4.69) is 21.4 Å². The van der Waals surface area contributed by atoms with Gasteiger partial charge in [-0.05, 0) is 18.9 Å². The van der Waals surface area contributed by atoms with Crippen LogP contribution in [-0.2, 0) is 10.9 Å². The molecule has 1 fully saturated rings. The van der Waals surface area contributed by atoms with E-state index in [1.54, 1.807) is 6.08 Å². The van der Waals surface area contributed by atoms with Crippen LogP contribution in [0.2, 0.25) is 0 Å². The number of rotatable bonds is 7. The number of aromatic nitrogens is 2. The second-order valence-electron chi connectivity index (χ2n) is 5.24. The Balaban J connectivity index is 2.02. The number of hydrogen-bond donors (Lipinski definition) is 0. The van der Waals surface area contributed by atoms with Gasteiger partial charge in [0.05, 0.1) is 13.2 Å². The molecule has 0 radical (unpaired) electrons. The minimum absolute atomic E-state index is 0.248. The third-order valence-corrected chi connectivity index (χ3v) is 3.45. The van der Waals surface area contributed by atoms with Crippen molar-refractivity contribution < 1.29 is 22.6 Å². The van der Waals surface area contributed by atoms with Gasteiger partial charge in [0.15, 0.2) is 5.69 Å². The third kappa shape index (κ3) is 5.80. The second kappa shape index (κ2) is 8.26. The Morgan fingerprint density at radius 1 is 1.39 bits per heavy atom. The molecule has 0 bridgehead atoms. The molecule has 1 aromatic heterocycles. The predicted octanol–water partition coefficient (Wildman–Crippen LogP) is 2.54. The summed E-state index contributed by atoms with van der Waals surface area (Å²) in [5.41, 5.74) is -1.00. The van der Waals surface area contributed by atoms with Crippen LogP contribution < -0.4 is 4.74 Å². The average Bonchev–Trinajstić information content (AvgIpc) is 2.53. The van der Waals surface area contributed by atoms with E-state index in [4.69, 9.17) is 9.47 Å². The summed E-state index contributed by atoms with van der Waals surface area (Å²) in [6, 6.07) is 0.579. The normalized spacial score (nSPS) is 17.7. The summed E-state index contributed by atoms with van der Waals surface area (Å²) in [6.45, 7) is 7.10. The summed E-state index contributed by atoms with van der Waals surface area (Å²) in [7, 11) is 0. The molecule has 0 saturated carbocycles. The lowest BCUT2D eigenvalue weighted by atomic mass is 10.2. The number of nitrogens with zero attached hydrogens (tertiary/aromatic N) is 3. The topological polar surface area (TPSA) is 47.5 Å². The smallest absolute Gasteiger partial charge is 0.433 e. The van der Waals surface area contributed by atoms with Crippen LogP contribution in [-0.4, -0.2) is 53.8 Å². The molecule has 2 heterocycles. The molecule has 1 aliphatic heterocycles. The number of alkyl halides is 3. The van der Waals surface area contributed by atoms with Gasteiger partial charge in [-0.15, -0.1) is 6.58 Å². The van der Waals surface area contributed by atoms with E-state index < -0.39 is 11.9 Å². The third-order valence-electron chi connectivity index (χ3n) is 3.45. The summed E-state index contributed by atoms with van der Waals surface area (Å²) in [5.74, 6) is 0. The minimum Gasteiger partial charge on any atom is -0.459 e. The first-order chi connectivity index (χ1) is 11.0. The Morgan fingerprint density at radius 2 is 2.13 bits per heavy atom. The lowest BCUT2D eigenvalue weighted by Gasteiger charge is -2.30. The van der Waals surface area contributed by atoms with Gasteiger partial charge in [0.25, 0.3) is 0 Å². The lowest BCUT2D eigenvalue weighted by Crippen LogP contribution is -2.42. The average molecular weight is 331 g/mol. The van der Waals surface area contributed by atoms with Crippen molar-refractivity contribution in [2.24, 2.45) is 0 Å². The van der Waals surface area contributed by atoms with Crippen molar-refractivity contribution in [2.45, 2.75) is 25.1 Å². The highest BCUT2D eigenvalue weighted by Gasteiger charge is 2.33. The molecular formula is C15H20F3N3O2. The maximum atomic E-state index is 12.7. The molecule has 0 amide bonds. The second-order valence-corrected chi connectivity index (χ2v) is 5.24. The van der Waals surface area contributed by atoms with Gasteiger partial charge in [-0.25, -0.2) is 4.98 Å². The van der Waals surface area contributed by atoms with Crippen molar-refractivity contribution in [2.75, 3.05) is 32.8 Å². The van der Waals surface area contributed by atoms with Crippen molar-refractivity contribution in [3.63, 3.8) is 0 Å². The molecule has 8 heteroatoms. The van der Waals surface area contributed by atoms with Crippen LogP contribution in [0.25, 0.3) is 0 Å². The monoisotopic (exact) mass is 331 g/mol. The van der Waals surface area contributed by atoms with Gasteiger partial charge in [0.2, 0.25) is 0 Å². The molecule has 0 spiro atoms. The summed E-state index contributed by atoms with van der Waals surface area (Å²) >= 11 is 0. The van der Waals surface area contributed by atoms with Gasteiger partial charge in [0, 0.05) is 25.8 Å². The summed E-state index contributed by atoms with van der Waals surface area (Å²) in [4.78, 5) is 9.41. The fraction of sp³-hybridized carbons (Fsp3) is 0.600. The molecule has 1 aromatic rings. The Kier molecular flexibility index (Phi) is 6.35. The van der Waals surface area contributed by atoms with Crippen LogP contribution in [0.3, 0.4) is 0 Å². The maximum absolute atomic E-state index is 12.7. The molecule has 1 atom stereocenters. The molecule has 2 rings (SSSR count). The van der Waals surface area contributed by atoms with Gasteiger partial charge < -0.3 is 9.47 Å². The van der Waals surface area contributed by atoms with Crippen LogP contribution in [0.4, 0.5) is 13.2 Å². The van der Waals surface area contributed by atoms with E-state index >= 15 is 0 Å². The Labute approximate surface area is 133 Å². The maximum Gasteiger partial charge on any atom is 0.433 e. The van der Waals surface area contributed by atoms with Crippen molar-refractivity contribution in [1.82, 2.24) is 14.9 Å². The van der Waals surface area contributed by atoms with E-state index in [1.807, 2.05) is 0 Å². The molecule has 1 saturated heterocycles. The highest BCUT2D eigenvalue weighted by Crippen LogP contribution is 2.28. The molecule has 0 aliphatic carbocycles. The van der Waals surface area contributed by atoms with Crippen molar-refractivity contribution >= 4 is 0 Å². The fourth-order valence-electron chi connectivity index (χ4n) is 2.27. The zero-order valence-electron chi connectivity index (χ0n) is 12.8. The first kappa shape index (κ1) is 17.7. The number of morpholine rings is 1. The quantitative estimate of drug-likeness (QED) is 0.719. The Bertz CT molecular complexity index is 505. The van der Waals surface area contributed by atoms with E-state index in [1.165, 1.54) is 0 Å². The lowest BCUT2D eigenvalue weighted by molar-refractivity contribution is -0.141. The van der Waals surface area contributed by atoms with Crippen LogP contribution in [0.15, 0.2) is 24.9 Å². The van der Waals surface area contributed by atoms with E-state index in [9.17, 15) is 13.2 Å². The number of ether oxygens (including phenoxy) is 2. The molecule has 23 heavy (non-hydrogen) atoms. The molecule has 0 unspecified atom stereocenters. The van der Waals surface area contributed by atoms with Crippen LogP contribution >= 0.6 is 0 Å². The van der Waals surface area contributed by atoms with Gasteiger partial charge in [-0.1, -0.05) is 6.08 Å². The SMILES string of the molecule is C=CCC[C@@H](CN1CCOCC1)Oc1nccc(C(F)(F)F)n1. The van der Waals surface area contributed by atoms with Gasteiger partial charge >= 0.3 is 12.2 Å². The standard InChI is InChI=1S/C15H20F3N3O2/c1-2-3-4-12(11-21-7-9-22-10-8-21)23-14-19-6-5-13(20-14)15(16,17)18/h2,5-6,12H,1,3-4,7-11H2/t12-/m0/s1. The highest BCUT2D eigenvalue weighted by atomic mass is 19.4. The van der Waals surface area contributed by atoms with Crippen LogP contribution in [0.5, 0.6) is 6.01 Å². The van der Waals surface area contributed by atoms with Crippen molar-refractivity contribution in [1.29, 1.82) is 0 Å². The summed E-state index contributed by atoms with van der Waals surface area (Å²) in [6.07, 6.45) is -0.654. The van der Waals surface area contributed by atoms with E-state index in [-0.39, 0.29) is 12.1 Å². The van der Waals surface area contributed by atoms with Crippen LogP contribution in [0.1, 0.15) is 18.5 Å². The van der Waals surface area contributed by atoms with E-state index in [0.29, 0.717) is 32.6 Å². The molecule has 128 valence electrons.